The average molecular weight is 571 g/mol. The Morgan fingerprint density at radius 3 is 2.33 bits per heavy atom. The molecule has 194 valence electrons. The van der Waals surface area contributed by atoms with E-state index in [-0.39, 0.29) is 23.6 Å². The third-order valence-corrected chi connectivity index (χ3v) is 7.39. The van der Waals surface area contributed by atoms with E-state index in [1.54, 1.807) is 29.2 Å². The zero-order valence-electron chi connectivity index (χ0n) is 18.4. The van der Waals surface area contributed by atoms with Crippen LogP contribution in [0.2, 0.25) is 10.0 Å². The molecule has 0 aliphatic carbocycles. The number of hydroxylamine groups is 1. The predicted molar refractivity (Wildman–Crippen MR) is 126 cm³/mol. The highest BCUT2D eigenvalue weighted by molar-refractivity contribution is 7.99. The average Bonchev–Trinajstić information content (AvgIpc) is 3.21. The van der Waals surface area contributed by atoms with Crippen molar-refractivity contribution in [2.24, 2.45) is 0 Å². The SMILES string of the molecule is CSCC(=O)N1CC(c2ccc(C3=CC(c4cc(Cl)c(Cl)c(C(F)(F)F)c4)(C(F)(F)F)ON3)cc2)C1. The van der Waals surface area contributed by atoms with Crippen LogP contribution in [0.15, 0.2) is 42.5 Å². The van der Waals surface area contributed by atoms with Gasteiger partial charge in [-0.25, -0.2) is 0 Å². The number of alkyl halides is 6. The van der Waals surface area contributed by atoms with Crippen LogP contribution < -0.4 is 5.48 Å². The number of hydrogen-bond donors (Lipinski definition) is 1. The standard InChI is InChI=1S/C23H18Cl2F6N2O2S/c1-36-11-19(34)33-9-14(10-33)12-2-4-13(5-3-12)18-8-21(35-32-18,23(29,30)31)15-6-16(22(26,27)28)20(25)17(24)7-15/h2-8,14,32H,9-11H2,1H3. The number of hydrogen-bond acceptors (Lipinski definition) is 4. The van der Waals surface area contributed by atoms with Gasteiger partial charge < -0.3 is 4.90 Å². The van der Waals surface area contributed by atoms with Gasteiger partial charge in [0.15, 0.2) is 0 Å². The molecule has 0 radical (unpaired) electrons. The molecule has 36 heavy (non-hydrogen) atoms. The molecule has 1 unspecified atom stereocenters. The Kier molecular flexibility index (Phi) is 7.24. The Bertz CT molecular complexity index is 1200. The maximum absolute atomic E-state index is 14.2. The summed E-state index contributed by atoms with van der Waals surface area (Å²) >= 11 is 12.8. The van der Waals surface area contributed by atoms with Crippen LogP contribution in [0, 0.1) is 0 Å². The molecule has 0 saturated carbocycles. The highest BCUT2D eigenvalue weighted by Gasteiger charge is 2.60. The summed E-state index contributed by atoms with van der Waals surface area (Å²) < 4.78 is 82.8. The molecular weight excluding hydrogens is 553 g/mol. The third kappa shape index (κ3) is 4.90. The Morgan fingerprint density at radius 2 is 1.78 bits per heavy atom. The normalized spacial score (nSPS) is 20.7. The summed E-state index contributed by atoms with van der Waals surface area (Å²) in [5.74, 6) is 0.556. The molecule has 1 amide bonds. The van der Waals surface area contributed by atoms with E-state index < -0.39 is 39.1 Å². The lowest BCUT2D eigenvalue weighted by Gasteiger charge is -2.39. The van der Waals surface area contributed by atoms with Crippen molar-refractivity contribution in [3.8, 4) is 0 Å². The van der Waals surface area contributed by atoms with Gasteiger partial charge in [-0.1, -0.05) is 47.5 Å². The van der Waals surface area contributed by atoms with E-state index in [4.69, 9.17) is 28.0 Å². The van der Waals surface area contributed by atoms with Crippen LogP contribution in [0.3, 0.4) is 0 Å². The van der Waals surface area contributed by atoms with E-state index in [9.17, 15) is 31.1 Å². The Hall–Kier alpha value is -2.08. The number of carbonyl (C=O) groups excluding carboxylic acids is 1. The van der Waals surface area contributed by atoms with Gasteiger partial charge in [-0.2, -0.15) is 38.1 Å². The van der Waals surface area contributed by atoms with Gasteiger partial charge in [0.2, 0.25) is 11.5 Å². The first kappa shape index (κ1) is 27.0. The number of likely N-dealkylation sites (tertiary alicyclic amines) is 1. The monoisotopic (exact) mass is 570 g/mol. The molecule has 1 saturated heterocycles. The first-order valence-corrected chi connectivity index (χ1v) is 12.6. The molecule has 2 aliphatic rings. The number of amides is 1. The summed E-state index contributed by atoms with van der Waals surface area (Å²) in [6.07, 6.45) is -7.66. The minimum Gasteiger partial charge on any atom is -0.341 e. The second-order valence-electron chi connectivity index (χ2n) is 8.36. The number of benzene rings is 2. The van der Waals surface area contributed by atoms with E-state index in [1.807, 2.05) is 6.26 Å². The zero-order chi connectivity index (χ0) is 26.5. The van der Waals surface area contributed by atoms with Crippen LogP contribution >= 0.6 is 35.0 Å². The fraction of sp³-hybridized carbons (Fsp3) is 0.348. The Labute approximate surface area is 216 Å². The molecule has 0 bridgehead atoms. The minimum absolute atomic E-state index is 0.0484. The highest BCUT2D eigenvalue weighted by atomic mass is 35.5. The first-order valence-electron chi connectivity index (χ1n) is 10.4. The van der Waals surface area contributed by atoms with Gasteiger partial charge in [0.05, 0.1) is 27.1 Å². The minimum atomic E-state index is -5.14. The lowest BCUT2D eigenvalue weighted by Crippen LogP contribution is -2.49. The van der Waals surface area contributed by atoms with E-state index in [1.165, 1.54) is 11.8 Å². The summed E-state index contributed by atoms with van der Waals surface area (Å²) in [6, 6.07) is 7.60. The van der Waals surface area contributed by atoms with Gasteiger partial charge in [-0.15, -0.1) is 0 Å². The van der Waals surface area contributed by atoms with Crippen LogP contribution in [0.5, 0.6) is 0 Å². The van der Waals surface area contributed by atoms with Crippen molar-refractivity contribution < 1.29 is 36.0 Å². The van der Waals surface area contributed by atoms with Crippen LogP contribution in [-0.2, 0) is 21.4 Å². The van der Waals surface area contributed by atoms with Crippen molar-refractivity contribution in [2.75, 3.05) is 25.1 Å². The lowest BCUT2D eigenvalue weighted by molar-refractivity contribution is -0.269. The van der Waals surface area contributed by atoms with E-state index in [0.29, 0.717) is 36.5 Å². The number of rotatable bonds is 5. The summed E-state index contributed by atoms with van der Waals surface area (Å²) in [5.41, 5.74) is -2.25. The van der Waals surface area contributed by atoms with Crippen LogP contribution in [0.1, 0.15) is 28.2 Å². The van der Waals surface area contributed by atoms with Gasteiger partial charge >= 0.3 is 12.4 Å². The van der Waals surface area contributed by atoms with Gasteiger partial charge in [0.25, 0.3) is 0 Å². The van der Waals surface area contributed by atoms with Crippen LogP contribution in [-0.4, -0.2) is 42.1 Å². The molecule has 1 fully saturated rings. The fourth-order valence-corrected chi connectivity index (χ4v) is 4.90. The molecule has 13 heteroatoms. The van der Waals surface area contributed by atoms with Crippen molar-refractivity contribution in [3.05, 3.63) is 74.8 Å². The largest absolute Gasteiger partial charge is 0.428 e. The Morgan fingerprint density at radius 1 is 1.14 bits per heavy atom. The van der Waals surface area contributed by atoms with Gasteiger partial charge in [0, 0.05) is 24.6 Å². The van der Waals surface area contributed by atoms with E-state index in [2.05, 4.69) is 5.48 Å². The maximum Gasteiger partial charge on any atom is 0.428 e. The highest BCUT2D eigenvalue weighted by Crippen LogP contribution is 2.50. The molecule has 1 N–H and O–H groups in total. The van der Waals surface area contributed by atoms with Gasteiger partial charge in [-0.05, 0) is 35.6 Å². The Balaban J connectivity index is 1.63. The lowest BCUT2D eigenvalue weighted by atomic mass is 9.89. The number of carbonyl (C=O) groups is 1. The van der Waals surface area contributed by atoms with Gasteiger partial charge in [0.1, 0.15) is 0 Å². The summed E-state index contributed by atoms with van der Waals surface area (Å²) in [5, 5.41) is -1.59. The summed E-state index contributed by atoms with van der Waals surface area (Å²) in [6.45, 7) is 1.11. The molecule has 0 spiro atoms. The quantitative estimate of drug-likeness (QED) is 0.409. The second-order valence-corrected chi connectivity index (χ2v) is 10.0. The van der Waals surface area contributed by atoms with E-state index >= 15 is 0 Å². The molecule has 2 aliphatic heterocycles. The number of thioether (sulfide) groups is 1. The molecule has 2 heterocycles. The first-order chi connectivity index (χ1) is 16.8. The smallest absolute Gasteiger partial charge is 0.341 e. The van der Waals surface area contributed by atoms with E-state index in [0.717, 1.165) is 5.56 Å². The van der Waals surface area contributed by atoms with Crippen LogP contribution in [0.25, 0.3) is 5.70 Å². The molecular formula is C23H18Cl2F6N2O2S. The molecule has 2 aromatic carbocycles. The van der Waals surface area contributed by atoms with Crippen molar-refractivity contribution in [2.45, 2.75) is 23.9 Å². The fourth-order valence-electron chi connectivity index (χ4n) is 4.04. The van der Waals surface area contributed by atoms with Crippen molar-refractivity contribution >= 4 is 46.6 Å². The number of halogens is 8. The molecule has 4 nitrogen and oxygen atoms in total. The van der Waals surface area contributed by atoms with Crippen LogP contribution in [0.4, 0.5) is 26.3 Å². The second kappa shape index (κ2) is 9.66. The maximum atomic E-state index is 14.2. The topological polar surface area (TPSA) is 41.6 Å². The predicted octanol–water partition coefficient (Wildman–Crippen LogP) is 6.63. The number of nitrogens with one attached hydrogen (secondary N) is 1. The van der Waals surface area contributed by atoms with Crippen molar-refractivity contribution in [3.63, 3.8) is 0 Å². The summed E-state index contributed by atoms with van der Waals surface area (Å²) in [4.78, 5) is 18.6. The summed E-state index contributed by atoms with van der Waals surface area (Å²) in [7, 11) is 0. The molecule has 2 aromatic rings. The third-order valence-electron chi connectivity index (χ3n) is 6.05. The van der Waals surface area contributed by atoms with Gasteiger partial charge in [-0.3, -0.25) is 15.1 Å². The van der Waals surface area contributed by atoms with Crippen molar-refractivity contribution in [1.29, 1.82) is 0 Å². The van der Waals surface area contributed by atoms with Crippen molar-refractivity contribution in [1.82, 2.24) is 10.4 Å². The molecule has 0 aromatic heterocycles. The molecule has 4 rings (SSSR count). The molecule has 1 atom stereocenters. The zero-order valence-corrected chi connectivity index (χ0v) is 20.8. The number of nitrogens with zero attached hydrogens (tertiary/aromatic N) is 1.